The van der Waals surface area contributed by atoms with Gasteiger partial charge in [0.15, 0.2) is 0 Å². The van der Waals surface area contributed by atoms with Crippen LogP contribution in [0.5, 0.6) is 0 Å². The van der Waals surface area contributed by atoms with Gasteiger partial charge < -0.3 is 0 Å². The van der Waals surface area contributed by atoms with Crippen LogP contribution in [0.1, 0.15) is 93.9 Å². The van der Waals surface area contributed by atoms with Crippen molar-refractivity contribution >= 4 is 5.97 Å². The quantitative estimate of drug-likeness (QED) is 0.312. The zero-order valence-electron chi connectivity index (χ0n) is 15.5. The van der Waals surface area contributed by atoms with Crippen molar-refractivity contribution in [3.8, 4) is 0 Å². The van der Waals surface area contributed by atoms with Crippen LogP contribution < -0.4 is 0 Å². The van der Waals surface area contributed by atoms with Crippen LogP contribution >= 0.6 is 0 Å². The van der Waals surface area contributed by atoms with Crippen molar-refractivity contribution in [1.29, 1.82) is 0 Å². The van der Waals surface area contributed by atoms with Crippen molar-refractivity contribution in [2.45, 2.75) is 99.5 Å². The molecule has 0 aliphatic heterocycles. The molecule has 0 fully saturated rings. The molecule has 0 bridgehead atoms. The highest BCUT2D eigenvalue weighted by Gasteiger charge is 2.33. The smallest absolute Gasteiger partial charge is 0.297 e. The van der Waals surface area contributed by atoms with Crippen molar-refractivity contribution < 1.29 is 14.6 Å². The van der Waals surface area contributed by atoms with Crippen LogP contribution in [0.25, 0.3) is 0 Å². The first-order chi connectivity index (χ1) is 9.40. The lowest BCUT2D eigenvalue weighted by Crippen LogP contribution is -2.34. The van der Waals surface area contributed by atoms with Crippen molar-refractivity contribution in [3.63, 3.8) is 0 Å². The Labute approximate surface area is 131 Å². The summed E-state index contributed by atoms with van der Waals surface area (Å²) in [5, 5.41) is 0. The third kappa shape index (κ3) is 9.89. The summed E-state index contributed by atoms with van der Waals surface area (Å²) in [5.41, 5.74) is -0.816. The van der Waals surface area contributed by atoms with E-state index in [9.17, 15) is 4.79 Å². The van der Waals surface area contributed by atoms with E-state index in [4.69, 9.17) is 9.78 Å². The molecule has 0 amide bonds. The van der Waals surface area contributed by atoms with Gasteiger partial charge in [0.1, 0.15) is 5.60 Å². The highest BCUT2D eigenvalue weighted by Crippen LogP contribution is 2.31. The Kier molecular flexibility index (Phi) is 7.94. The van der Waals surface area contributed by atoms with Gasteiger partial charge in [-0.25, -0.2) is 4.79 Å². The summed E-state index contributed by atoms with van der Waals surface area (Å²) in [6, 6.07) is 0. The maximum atomic E-state index is 12.2. The van der Waals surface area contributed by atoms with Crippen LogP contribution in [0.4, 0.5) is 0 Å². The fraction of sp³-hybridized carbons (Fsp3) is 0.944. The predicted octanol–water partition coefficient (Wildman–Crippen LogP) is 5.67. The maximum absolute atomic E-state index is 12.2. The summed E-state index contributed by atoms with van der Waals surface area (Å²) >= 11 is 0. The third-order valence-corrected chi connectivity index (χ3v) is 3.51. The van der Waals surface area contributed by atoms with Crippen LogP contribution in [-0.2, 0) is 14.6 Å². The Bertz CT molecular complexity index is 311. The molecule has 21 heavy (non-hydrogen) atoms. The summed E-state index contributed by atoms with van der Waals surface area (Å²) in [6.45, 7) is 16.4. The third-order valence-electron chi connectivity index (χ3n) is 3.51. The second kappa shape index (κ2) is 8.17. The van der Waals surface area contributed by atoms with Gasteiger partial charge >= 0.3 is 5.97 Å². The molecule has 126 valence electrons. The van der Waals surface area contributed by atoms with Gasteiger partial charge in [-0.1, -0.05) is 53.4 Å². The Hall–Kier alpha value is -0.570. The van der Waals surface area contributed by atoms with Crippen molar-refractivity contribution in [2.75, 3.05) is 0 Å². The highest BCUT2D eigenvalue weighted by atomic mass is 17.2. The molecule has 0 saturated carbocycles. The molecule has 0 radical (unpaired) electrons. The standard InChI is InChI=1S/C18H36O3/c1-9-10-11-12-13-17(5,6)15(19)20-21-18(7,8)14-16(2,3)4/h9-14H2,1-8H3. The molecule has 0 aliphatic carbocycles. The minimum absolute atomic E-state index is 0.131. The molecule has 0 rings (SSSR count). The van der Waals surface area contributed by atoms with Crippen LogP contribution in [-0.4, -0.2) is 11.6 Å². The summed E-state index contributed by atoms with van der Waals surface area (Å²) < 4.78 is 0. The number of hydrogen-bond acceptors (Lipinski definition) is 3. The molecule has 0 aliphatic rings. The van der Waals surface area contributed by atoms with Crippen molar-refractivity contribution in [1.82, 2.24) is 0 Å². The second-order valence-corrected chi connectivity index (χ2v) is 8.65. The van der Waals surface area contributed by atoms with Crippen LogP contribution in [0, 0.1) is 10.8 Å². The fourth-order valence-corrected chi connectivity index (χ4v) is 2.67. The lowest BCUT2D eigenvalue weighted by molar-refractivity contribution is -0.335. The Balaban J connectivity index is 4.28. The fourth-order valence-electron chi connectivity index (χ4n) is 2.67. The number of carbonyl (C=O) groups is 1. The zero-order chi connectivity index (χ0) is 16.7. The molecule has 3 nitrogen and oxygen atoms in total. The van der Waals surface area contributed by atoms with Crippen LogP contribution in [0.2, 0.25) is 0 Å². The maximum Gasteiger partial charge on any atom is 0.347 e. The van der Waals surface area contributed by atoms with Gasteiger partial charge in [0.2, 0.25) is 0 Å². The van der Waals surface area contributed by atoms with Crippen LogP contribution in [0.3, 0.4) is 0 Å². The molecule has 0 N–H and O–H groups in total. The number of hydrogen-bond donors (Lipinski definition) is 0. The topological polar surface area (TPSA) is 35.5 Å². The van der Waals surface area contributed by atoms with E-state index in [1.54, 1.807) is 0 Å². The van der Waals surface area contributed by atoms with Gasteiger partial charge in [-0.2, -0.15) is 4.89 Å². The molecular weight excluding hydrogens is 264 g/mol. The number of unbranched alkanes of at least 4 members (excludes halogenated alkanes) is 3. The molecule has 3 heteroatoms. The zero-order valence-corrected chi connectivity index (χ0v) is 15.5. The first kappa shape index (κ1) is 20.4. The summed E-state index contributed by atoms with van der Waals surface area (Å²) in [4.78, 5) is 22.8. The molecule has 0 unspecified atom stereocenters. The van der Waals surface area contributed by atoms with E-state index in [2.05, 4.69) is 27.7 Å². The molecule has 0 aromatic heterocycles. The Morgan fingerprint density at radius 1 is 0.905 bits per heavy atom. The lowest BCUT2D eigenvalue weighted by Gasteiger charge is -2.31. The van der Waals surface area contributed by atoms with E-state index in [1.807, 2.05) is 27.7 Å². The normalized spacial score (nSPS) is 13.3. The minimum atomic E-state index is -0.481. The van der Waals surface area contributed by atoms with E-state index >= 15 is 0 Å². The van der Waals surface area contributed by atoms with Gasteiger partial charge in [0.05, 0.1) is 5.41 Å². The van der Waals surface area contributed by atoms with E-state index in [-0.39, 0.29) is 11.4 Å². The molecule has 0 aromatic rings. The average Bonchev–Trinajstić information content (AvgIpc) is 2.28. The summed E-state index contributed by atoms with van der Waals surface area (Å²) in [6.07, 6.45) is 6.32. The van der Waals surface area contributed by atoms with E-state index in [0.717, 1.165) is 19.3 Å². The minimum Gasteiger partial charge on any atom is -0.297 e. The van der Waals surface area contributed by atoms with E-state index < -0.39 is 11.0 Å². The van der Waals surface area contributed by atoms with Crippen molar-refractivity contribution in [2.24, 2.45) is 10.8 Å². The molecule has 0 heterocycles. The van der Waals surface area contributed by atoms with Gasteiger partial charge in [0, 0.05) is 0 Å². The number of carbonyl (C=O) groups excluding carboxylic acids is 1. The Morgan fingerprint density at radius 3 is 1.95 bits per heavy atom. The first-order valence-corrected chi connectivity index (χ1v) is 8.30. The first-order valence-electron chi connectivity index (χ1n) is 8.30. The Morgan fingerprint density at radius 2 is 1.48 bits per heavy atom. The van der Waals surface area contributed by atoms with E-state index in [1.165, 1.54) is 19.3 Å². The summed E-state index contributed by atoms with van der Waals surface area (Å²) in [7, 11) is 0. The predicted molar refractivity (Wildman–Crippen MR) is 87.9 cm³/mol. The van der Waals surface area contributed by atoms with Crippen LogP contribution in [0.15, 0.2) is 0 Å². The number of rotatable bonds is 9. The highest BCUT2D eigenvalue weighted by molar-refractivity contribution is 5.75. The second-order valence-electron chi connectivity index (χ2n) is 8.65. The van der Waals surface area contributed by atoms with Gasteiger partial charge in [-0.05, 0) is 46.0 Å². The summed E-state index contributed by atoms with van der Waals surface area (Å²) in [5.74, 6) is -0.263. The molecule has 0 atom stereocenters. The van der Waals surface area contributed by atoms with Gasteiger partial charge in [-0.15, -0.1) is 0 Å². The molecular formula is C18H36O3. The van der Waals surface area contributed by atoms with Gasteiger partial charge in [0.25, 0.3) is 0 Å². The largest absolute Gasteiger partial charge is 0.347 e. The van der Waals surface area contributed by atoms with Gasteiger partial charge in [-0.3, -0.25) is 4.89 Å². The SMILES string of the molecule is CCCCCCC(C)(C)C(=O)OOC(C)(C)CC(C)(C)C. The van der Waals surface area contributed by atoms with E-state index in [0.29, 0.717) is 0 Å². The molecule has 0 aromatic carbocycles. The lowest BCUT2D eigenvalue weighted by atomic mass is 9.84. The molecule has 0 saturated heterocycles. The average molecular weight is 300 g/mol. The molecule has 0 spiro atoms. The van der Waals surface area contributed by atoms with Crippen molar-refractivity contribution in [3.05, 3.63) is 0 Å². The monoisotopic (exact) mass is 300 g/mol.